The third-order valence-corrected chi connectivity index (χ3v) is 9.07. The van der Waals surface area contributed by atoms with Gasteiger partial charge in [-0.15, -0.1) is 32.9 Å². The Hall–Kier alpha value is -2.23. The first-order valence-corrected chi connectivity index (χ1v) is 13.7. The number of piperidine rings is 1. The van der Waals surface area contributed by atoms with Crippen molar-refractivity contribution in [1.29, 1.82) is 0 Å². The summed E-state index contributed by atoms with van der Waals surface area (Å²) in [6.07, 6.45) is 4.44. The fourth-order valence-corrected chi connectivity index (χ4v) is 7.01. The highest BCUT2D eigenvalue weighted by Gasteiger charge is 2.31. The van der Waals surface area contributed by atoms with Gasteiger partial charge in [0.15, 0.2) is 11.0 Å². The average molecular weight is 482 g/mol. The highest BCUT2D eigenvalue weighted by molar-refractivity contribution is 7.99. The molecule has 6 nitrogen and oxygen atoms in total. The number of hydrogen-bond donors (Lipinski definition) is 0. The number of hydrogen-bond acceptors (Lipinski definition) is 7. The zero-order chi connectivity index (χ0) is 21.5. The van der Waals surface area contributed by atoms with E-state index in [9.17, 15) is 4.79 Å². The van der Waals surface area contributed by atoms with E-state index in [0.29, 0.717) is 17.7 Å². The second-order valence-corrected chi connectivity index (χ2v) is 11.3. The molecule has 4 heterocycles. The van der Waals surface area contributed by atoms with Crippen LogP contribution < -0.4 is 0 Å². The Bertz CT molecular complexity index is 1210. The van der Waals surface area contributed by atoms with Crippen LogP contribution in [-0.2, 0) is 4.79 Å². The van der Waals surface area contributed by atoms with E-state index in [-0.39, 0.29) is 5.91 Å². The van der Waals surface area contributed by atoms with E-state index in [0.717, 1.165) is 65.2 Å². The van der Waals surface area contributed by atoms with Gasteiger partial charge < -0.3 is 4.90 Å². The van der Waals surface area contributed by atoms with Crippen molar-refractivity contribution >= 4 is 50.6 Å². The first-order valence-electron chi connectivity index (χ1n) is 11.0. The molecule has 1 unspecified atom stereocenters. The third-order valence-electron chi connectivity index (χ3n) is 6.08. The van der Waals surface area contributed by atoms with Crippen LogP contribution in [0.4, 0.5) is 0 Å². The van der Waals surface area contributed by atoms with Crippen LogP contribution in [0.1, 0.15) is 42.7 Å². The second kappa shape index (κ2) is 8.61. The summed E-state index contributed by atoms with van der Waals surface area (Å²) in [5, 5.41) is 13.0. The molecule has 9 heteroatoms. The number of nitrogens with zero attached hydrogens (tertiary/aromatic N) is 5. The Morgan fingerprint density at radius 2 is 2.03 bits per heavy atom. The molecule has 1 saturated carbocycles. The minimum absolute atomic E-state index is 0.184. The van der Waals surface area contributed by atoms with Crippen molar-refractivity contribution in [2.45, 2.75) is 42.8 Å². The topological polar surface area (TPSA) is 63.9 Å². The van der Waals surface area contributed by atoms with Gasteiger partial charge in [0.1, 0.15) is 0 Å². The van der Waals surface area contributed by atoms with E-state index >= 15 is 0 Å². The summed E-state index contributed by atoms with van der Waals surface area (Å²) < 4.78 is 3.46. The smallest absolute Gasteiger partial charge is 0.233 e. The number of para-hydroxylation sites is 1. The normalized spacial score (nSPS) is 19.0. The Kier molecular flexibility index (Phi) is 5.48. The van der Waals surface area contributed by atoms with Crippen LogP contribution in [-0.4, -0.2) is 49.4 Å². The molecule has 2 aliphatic rings. The fourth-order valence-electron chi connectivity index (χ4n) is 4.30. The van der Waals surface area contributed by atoms with Crippen LogP contribution in [0.3, 0.4) is 0 Å². The second-order valence-electron chi connectivity index (χ2n) is 8.37. The highest BCUT2D eigenvalue weighted by Crippen LogP contribution is 2.42. The van der Waals surface area contributed by atoms with Crippen molar-refractivity contribution in [3.8, 4) is 10.7 Å². The molecule has 32 heavy (non-hydrogen) atoms. The first kappa shape index (κ1) is 20.4. The maximum absolute atomic E-state index is 13.1. The van der Waals surface area contributed by atoms with Crippen LogP contribution in [0.25, 0.3) is 20.9 Å². The van der Waals surface area contributed by atoms with E-state index in [4.69, 9.17) is 4.98 Å². The van der Waals surface area contributed by atoms with Crippen LogP contribution in [0.15, 0.2) is 46.9 Å². The molecule has 0 spiro atoms. The molecule has 0 radical (unpaired) electrons. The molecule has 164 valence electrons. The standard InChI is InChI=1S/C23H23N5OS3/c29-20(14-31-23-26-25-21(19-8-4-12-30-19)28(23)16-9-10-16)27-11-3-5-15(13-27)22-24-17-6-1-2-7-18(17)32-22/h1-2,4,6-8,12,15-16H,3,5,9-11,13-14H2. The molecular formula is C23H23N5OS3. The van der Waals surface area contributed by atoms with Crippen LogP contribution in [0.5, 0.6) is 0 Å². The molecule has 1 aliphatic heterocycles. The van der Waals surface area contributed by atoms with E-state index in [1.165, 1.54) is 16.5 Å². The third kappa shape index (κ3) is 3.97. The molecule has 3 aromatic heterocycles. The van der Waals surface area contributed by atoms with Crippen molar-refractivity contribution in [2.75, 3.05) is 18.8 Å². The maximum Gasteiger partial charge on any atom is 0.233 e. The maximum atomic E-state index is 13.1. The van der Waals surface area contributed by atoms with Gasteiger partial charge in [0, 0.05) is 25.0 Å². The molecule has 2 fully saturated rings. The van der Waals surface area contributed by atoms with Crippen molar-refractivity contribution in [1.82, 2.24) is 24.6 Å². The average Bonchev–Trinajstić information content (AvgIpc) is 3.22. The predicted molar refractivity (Wildman–Crippen MR) is 131 cm³/mol. The van der Waals surface area contributed by atoms with E-state index in [2.05, 4.69) is 44.4 Å². The number of carbonyl (C=O) groups excluding carboxylic acids is 1. The highest BCUT2D eigenvalue weighted by atomic mass is 32.2. The van der Waals surface area contributed by atoms with Crippen LogP contribution in [0, 0.1) is 0 Å². The van der Waals surface area contributed by atoms with Gasteiger partial charge >= 0.3 is 0 Å². The summed E-state index contributed by atoms with van der Waals surface area (Å²) in [6, 6.07) is 12.9. The molecule has 1 atom stereocenters. The van der Waals surface area contributed by atoms with Crippen molar-refractivity contribution in [3.05, 3.63) is 46.8 Å². The number of benzene rings is 1. The molecule has 0 bridgehead atoms. The molecule has 1 amide bonds. The Labute approximate surface area is 198 Å². The first-order chi connectivity index (χ1) is 15.8. The molecular weight excluding hydrogens is 458 g/mol. The van der Waals surface area contributed by atoms with Gasteiger partial charge in [0.2, 0.25) is 5.91 Å². The summed E-state index contributed by atoms with van der Waals surface area (Å²) in [7, 11) is 0. The van der Waals surface area contributed by atoms with E-state index in [1.54, 1.807) is 22.7 Å². The van der Waals surface area contributed by atoms with Crippen LogP contribution >= 0.6 is 34.4 Å². The summed E-state index contributed by atoms with van der Waals surface area (Å²) in [6.45, 7) is 1.59. The lowest BCUT2D eigenvalue weighted by Crippen LogP contribution is -2.40. The van der Waals surface area contributed by atoms with Crippen LogP contribution in [0.2, 0.25) is 0 Å². The number of fused-ring (bicyclic) bond motifs is 1. The monoisotopic (exact) mass is 481 g/mol. The zero-order valence-electron chi connectivity index (χ0n) is 17.5. The van der Waals surface area contributed by atoms with Gasteiger partial charge in [0.25, 0.3) is 0 Å². The predicted octanol–water partition coefficient (Wildman–Crippen LogP) is 5.45. The van der Waals surface area contributed by atoms with E-state index in [1.807, 2.05) is 17.0 Å². The summed E-state index contributed by atoms with van der Waals surface area (Å²) in [5.74, 6) is 1.85. The Morgan fingerprint density at radius 3 is 2.84 bits per heavy atom. The van der Waals surface area contributed by atoms with Crippen molar-refractivity contribution in [3.63, 3.8) is 0 Å². The van der Waals surface area contributed by atoms with Gasteiger partial charge in [0.05, 0.1) is 25.9 Å². The number of aromatic nitrogens is 4. The lowest BCUT2D eigenvalue weighted by atomic mass is 9.99. The lowest BCUT2D eigenvalue weighted by Gasteiger charge is -2.31. The van der Waals surface area contributed by atoms with E-state index < -0.39 is 0 Å². The van der Waals surface area contributed by atoms with Crippen molar-refractivity contribution in [2.24, 2.45) is 0 Å². The Morgan fingerprint density at radius 1 is 1.12 bits per heavy atom. The molecule has 0 N–H and O–H groups in total. The quantitative estimate of drug-likeness (QED) is 0.343. The SMILES string of the molecule is O=C(CSc1nnc(-c2cccs2)n1C1CC1)N1CCCC(c2nc3ccccc3s2)C1. The summed E-state index contributed by atoms with van der Waals surface area (Å²) >= 11 is 4.97. The molecule has 6 rings (SSSR count). The Balaban J connectivity index is 1.14. The molecule has 4 aromatic rings. The summed E-state index contributed by atoms with van der Waals surface area (Å²) in [5.41, 5.74) is 1.06. The number of amides is 1. The summed E-state index contributed by atoms with van der Waals surface area (Å²) in [4.78, 5) is 21.1. The number of carbonyl (C=O) groups is 1. The number of thiazole rings is 1. The number of rotatable bonds is 6. The lowest BCUT2D eigenvalue weighted by molar-refractivity contribution is -0.129. The zero-order valence-corrected chi connectivity index (χ0v) is 20.0. The minimum Gasteiger partial charge on any atom is -0.341 e. The van der Waals surface area contributed by atoms with Gasteiger partial charge in [-0.05, 0) is 49.3 Å². The molecule has 1 aliphatic carbocycles. The van der Waals surface area contributed by atoms with Gasteiger partial charge in [-0.25, -0.2) is 4.98 Å². The van der Waals surface area contributed by atoms with Gasteiger partial charge in [-0.2, -0.15) is 0 Å². The van der Waals surface area contributed by atoms with Crippen molar-refractivity contribution < 1.29 is 4.79 Å². The largest absolute Gasteiger partial charge is 0.341 e. The fraction of sp³-hybridized carbons (Fsp3) is 0.391. The number of thioether (sulfide) groups is 1. The van der Waals surface area contributed by atoms with Gasteiger partial charge in [-0.3, -0.25) is 9.36 Å². The minimum atomic E-state index is 0.184. The molecule has 1 saturated heterocycles. The van der Waals surface area contributed by atoms with Gasteiger partial charge in [-0.1, -0.05) is 30.0 Å². The number of thiophene rings is 1. The number of likely N-dealkylation sites (tertiary alicyclic amines) is 1. The molecule has 1 aromatic carbocycles.